The van der Waals surface area contributed by atoms with Crippen LogP contribution in [0.1, 0.15) is 22.7 Å². The summed E-state index contributed by atoms with van der Waals surface area (Å²) in [5.74, 6) is 1.94. The van der Waals surface area contributed by atoms with E-state index in [0.29, 0.717) is 11.5 Å². The second-order valence-electron chi connectivity index (χ2n) is 5.85. The van der Waals surface area contributed by atoms with Crippen molar-refractivity contribution in [3.05, 3.63) is 47.0 Å². The Kier molecular flexibility index (Phi) is 4.81. The van der Waals surface area contributed by atoms with E-state index >= 15 is 0 Å². The number of phenols is 1. The molecule has 24 heavy (non-hydrogen) atoms. The molecule has 0 radical (unpaired) electrons. The minimum atomic E-state index is 0.0145. The largest absolute Gasteiger partial charge is 0.504 e. The number of hydrogen-bond donors (Lipinski definition) is 2. The highest BCUT2D eigenvalue weighted by atomic mass is 16.5. The van der Waals surface area contributed by atoms with Crippen LogP contribution in [0.25, 0.3) is 0 Å². The smallest absolute Gasteiger partial charge is 0.203 e. The highest BCUT2D eigenvalue weighted by molar-refractivity contribution is 5.60. The van der Waals surface area contributed by atoms with Gasteiger partial charge in [-0.3, -0.25) is 0 Å². The normalized spacial score (nSPS) is 16.4. The van der Waals surface area contributed by atoms with Crippen LogP contribution < -0.4 is 19.5 Å². The lowest BCUT2D eigenvalue weighted by atomic mass is 9.89. The topological polar surface area (TPSA) is 60.0 Å². The van der Waals surface area contributed by atoms with Crippen LogP contribution in [0.15, 0.2) is 30.3 Å². The van der Waals surface area contributed by atoms with Gasteiger partial charge in [-0.1, -0.05) is 12.1 Å². The molecule has 2 aromatic carbocycles. The van der Waals surface area contributed by atoms with Crippen LogP contribution in [0.5, 0.6) is 23.0 Å². The summed E-state index contributed by atoms with van der Waals surface area (Å²) in [4.78, 5) is 0. The number of nitrogens with one attached hydrogen (secondary N) is 1. The quantitative estimate of drug-likeness (QED) is 0.883. The van der Waals surface area contributed by atoms with Crippen molar-refractivity contribution in [3.63, 3.8) is 0 Å². The van der Waals surface area contributed by atoms with Crippen LogP contribution >= 0.6 is 0 Å². The maximum atomic E-state index is 10.7. The number of aromatic hydroxyl groups is 1. The van der Waals surface area contributed by atoms with Gasteiger partial charge in [-0.15, -0.1) is 0 Å². The molecule has 3 rings (SSSR count). The van der Waals surface area contributed by atoms with E-state index in [1.165, 1.54) is 7.11 Å². The molecule has 1 heterocycles. The van der Waals surface area contributed by atoms with Crippen LogP contribution in [0.3, 0.4) is 0 Å². The van der Waals surface area contributed by atoms with Gasteiger partial charge in [0.2, 0.25) is 5.75 Å². The van der Waals surface area contributed by atoms with Crippen LogP contribution in [-0.4, -0.2) is 33.0 Å². The number of fused-ring (bicyclic) bond motifs is 1. The van der Waals surface area contributed by atoms with E-state index in [2.05, 4.69) is 11.4 Å². The molecule has 0 amide bonds. The average molecular weight is 329 g/mol. The van der Waals surface area contributed by atoms with Crippen molar-refractivity contribution in [2.24, 2.45) is 0 Å². The molecule has 0 spiro atoms. The number of ether oxygens (including phenoxy) is 3. The third-order valence-electron chi connectivity index (χ3n) is 4.48. The van der Waals surface area contributed by atoms with Crippen molar-refractivity contribution in [2.75, 3.05) is 27.9 Å². The molecular formula is C19H23NO4. The Morgan fingerprint density at radius 3 is 2.67 bits per heavy atom. The maximum Gasteiger partial charge on any atom is 0.203 e. The first kappa shape index (κ1) is 16.5. The lowest BCUT2D eigenvalue weighted by Crippen LogP contribution is -2.31. The number of benzene rings is 2. The minimum Gasteiger partial charge on any atom is -0.504 e. The Balaban J connectivity index is 1.98. The van der Waals surface area contributed by atoms with Crippen molar-refractivity contribution in [1.29, 1.82) is 0 Å². The molecule has 1 unspecified atom stereocenters. The number of rotatable bonds is 5. The molecule has 0 aromatic heterocycles. The number of methoxy groups -OCH3 is 3. The molecule has 128 valence electrons. The fraction of sp³-hybridized carbons (Fsp3) is 0.368. The summed E-state index contributed by atoms with van der Waals surface area (Å²) in [6, 6.07) is 9.97. The SMILES string of the molecule is COc1cccc(CC2NCCc3cc(OC)c(OC)c(O)c32)c1. The van der Waals surface area contributed by atoms with Gasteiger partial charge in [0.1, 0.15) is 5.75 Å². The number of phenolic OH excluding ortho intramolecular Hbond substituents is 1. The van der Waals surface area contributed by atoms with Crippen molar-refractivity contribution in [1.82, 2.24) is 5.32 Å². The molecule has 5 nitrogen and oxygen atoms in total. The Morgan fingerprint density at radius 2 is 1.96 bits per heavy atom. The lowest BCUT2D eigenvalue weighted by Gasteiger charge is -2.29. The first-order valence-electron chi connectivity index (χ1n) is 8.01. The Labute approximate surface area is 142 Å². The van der Waals surface area contributed by atoms with E-state index < -0.39 is 0 Å². The summed E-state index contributed by atoms with van der Waals surface area (Å²) in [7, 11) is 4.78. The van der Waals surface area contributed by atoms with E-state index in [4.69, 9.17) is 14.2 Å². The van der Waals surface area contributed by atoms with Crippen molar-refractivity contribution in [2.45, 2.75) is 18.9 Å². The zero-order valence-corrected chi connectivity index (χ0v) is 14.3. The van der Waals surface area contributed by atoms with Crippen LogP contribution in [0.4, 0.5) is 0 Å². The second kappa shape index (κ2) is 7.01. The van der Waals surface area contributed by atoms with Gasteiger partial charge >= 0.3 is 0 Å². The Morgan fingerprint density at radius 1 is 1.12 bits per heavy atom. The molecule has 0 bridgehead atoms. The van der Waals surface area contributed by atoms with Crippen molar-refractivity contribution < 1.29 is 19.3 Å². The van der Waals surface area contributed by atoms with E-state index in [9.17, 15) is 5.11 Å². The van der Waals surface area contributed by atoms with E-state index in [1.807, 2.05) is 24.3 Å². The summed E-state index contributed by atoms with van der Waals surface area (Å²) < 4.78 is 16.0. The maximum absolute atomic E-state index is 10.7. The zero-order chi connectivity index (χ0) is 17.1. The predicted molar refractivity (Wildman–Crippen MR) is 92.4 cm³/mol. The molecular weight excluding hydrogens is 306 g/mol. The molecule has 0 aliphatic carbocycles. The van der Waals surface area contributed by atoms with Gasteiger partial charge in [0.15, 0.2) is 11.5 Å². The molecule has 1 aliphatic rings. The summed E-state index contributed by atoms with van der Waals surface area (Å²) in [6.07, 6.45) is 1.60. The monoisotopic (exact) mass is 329 g/mol. The van der Waals surface area contributed by atoms with Gasteiger partial charge in [0.25, 0.3) is 0 Å². The Bertz CT molecular complexity index is 730. The highest BCUT2D eigenvalue weighted by Gasteiger charge is 2.28. The fourth-order valence-electron chi connectivity index (χ4n) is 3.33. The van der Waals surface area contributed by atoms with Crippen molar-refractivity contribution in [3.8, 4) is 23.0 Å². The minimum absolute atomic E-state index is 0.0145. The number of hydrogen-bond acceptors (Lipinski definition) is 5. The van der Waals surface area contributed by atoms with Gasteiger partial charge in [-0.05, 0) is 48.7 Å². The van der Waals surface area contributed by atoms with Gasteiger partial charge in [-0.25, -0.2) is 0 Å². The van der Waals surface area contributed by atoms with Crippen molar-refractivity contribution >= 4 is 0 Å². The molecule has 0 saturated carbocycles. The summed E-state index contributed by atoms with van der Waals surface area (Å²) >= 11 is 0. The lowest BCUT2D eigenvalue weighted by molar-refractivity contribution is 0.325. The van der Waals surface area contributed by atoms with E-state index in [0.717, 1.165) is 41.8 Å². The predicted octanol–water partition coefficient (Wildman–Crippen LogP) is 2.85. The zero-order valence-electron chi connectivity index (χ0n) is 14.3. The third-order valence-corrected chi connectivity index (χ3v) is 4.48. The van der Waals surface area contributed by atoms with Gasteiger partial charge in [-0.2, -0.15) is 0 Å². The molecule has 5 heteroatoms. The van der Waals surface area contributed by atoms with E-state index in [1.54, 1.807) is 14.2 Å². The summed E-state index contributed by atoms with van der Waals surface area (Å²) in [6.45, 7) is 0.858. The fourth-order valence-corrected chi connectivity index (χ4v) is 3.33. The van der Waals surface area contributed by atoms with Crippen LogP contribution in [-0.2, 0) is 12.8 Å². The van der Waals surface area contributed by atoms with E-state index in [-0.39, 0.29) is 11.8 Å². The molecule has 2 aromatic rings. The molecule has 0 fully saturated rings. The first-order chi connectivity index (χ1) is 11.7. The van der Waals surface area contributed by atoms with Gasteiger partial charge < -0.3 is 24.6 Å². The summed E-state index contributed by atoms with van der Waals surface area (Å²) in [5.41, 5.74) is 3.13. The summed E-state index contributed by atoms with van der Waals surface area (Å²) in [5, 5.41) is 14.2. The second-order valence-corrected chi connectivity index (χ2v) is 5.85. The molecule has 2 N–H and O–H groups in total. The molecule has 1 atom stereocenters. The van der Waals surface area contributed by atoms with Gasteiger partial charge in [0.05, 0.1) is 21.3 Å². The highest BCUT2D eigenvalue weighted by Crippen LogP contribution is 2.45. The first-order valence-corrected chi connectivity index (χ1v) is 8.01. The van der Waals surface area contributed by atoms with Crippen LogP contribution in [0, 0.1) is 0 Å². The molecule has 0 saturated heterocycles. The van der Waals surface area contributed by atoms with Crippen LogP contribution in [0.2, 0.25) is 0 Å². The Hall–Kier alpha value is -2.40. The molecule has 1 aliphatic heterocycles. The third kappa shape index (κ3) is 2.99. The van der Waals surface area contributed by atoms with Gasteiger partial charge in [0, 0.05) is 11.6 Å². The average Bonchev–Trinajstić information content (AvgIpc) is 2.61. The standard InChI is InChI=1S/C19H23NO4/c1-22-14-6-4-5-12(9-14)10-15-17-13(7-8-20-15)11-16(23-2)19(24-3)18(17)21/h4-6,9,11,15,20-21H,7-8,10H2,1-3H3.